The molecule has 1 aromatic carbocycles. The summed E-state index contributed by atoms with van der Waals surface area (Å²) < 4.78 is 0. The van der Waals surface area contributed by atoms with Gasteiger partial charge in [-0.2, -0.15) is 11.8 Å². The van der Waals surface area contributed by atoms with E-state index in [1.807, 2.05) is 0 Å². The predicted octanol–water partition coefficient (Wildman–Crippen LogP) is 2.13. The third kappa shape index (κ3) is 2.44. The Labute approximate surface area is 114 Å². The van der Waals surface area contributed by atoms with Gasteiger partial charge >= 0.3 is 0 Å². The Hall–Kier alpha value is -0.510. The molecule has 1 aromatic rings. The van der Waals surface area contributed by atoms with Gasteiger partial charge in [-0.05, 0) is 41.4 Å². The zero-order valence-corrected chi connectivity index (χ0v) is 11.7. The third-order valence-electron chi connectivity index (χ3n) is 4.38. The average Bonchev–Trinajstić information content (AvgIpc) is 2.93. The van der Waals surface area contributed by atoms with Gasteiger partial charge in [-0.15, -0.1) is 0 Å². The summed E-state index contributed by atoms with van der Waals surface area (Å²) in [5, 5.41) is 0. The van der Waals surface area contributed by atoms with Crippen molar-refractivity contribution in [1.29, 1.82) is 0 Å². The molecule has 1 fully saturated rings. The van der Waals surface area contributed by atoms with E-state index in [2.05, 4.69) is 40.9 Å². The number of thioether (sulfide) groups is 1. The summed E-state index contributed by atoms with van der Waals surface area (Å²) in [6.45, 7) is 3.09. The lowest BCUT2D eigenvalue weighted by molar-refractivity contribution is 0.140. The molecule has 0 aliphatic carbocycles. The van der Waals surface area contributed by atoms with Gasteiger partial charge in [0, 0.05) is 25.7 Å². The van der Waals surface area contributed by atoms with Crippen molar-refractivity contribution in [3.63, 3.8) is 0 Å². The highest BCUT2D eigenvalue weighted by Gasteiger charge is 2.30. The third-order valence-corrected chi connectivity index (χ3v) is 5.57. The molecule has 0 radical (unpaired) electrons. The molecule has 2 unspecified atom stereocenters. The van der Waals surface area contributed by atoms with Gasteiger partial charge in [-0.1, -0.05) is 24.3 Å². The quantitative estimate of drug-likeness (QED) is 0.905. The lowest BCUT2D eigenvalue weighted by atomic mass is 9.93. The van der Waals surface area contributed by atoms with E-state index in [4.69, 9.17) is 5.73 Å². The van der Waals surface area contributed by atoms with Gasteiger partial charge in [0.2, 0.25) is 0 Å². The smallest absolute Gasteiger partial charge is 0.0258 e. The molecule has 18 heavy (non-hydrogen) atoms. The molecule has 1 saturated heterocycles. The minimum absolute atomic E-state index is 0.591. The Balaban J connectivity index is 1.73. The monoisotopic (exact) mass is 262 g/mol. The van der Waals surface area contributed by atoms with E-state index >= 15 is 0 Å². The average molecular weight is 262 g/mol. The molecule has 2 aliphatic rings. The van der Waals surface area contributed by atoms with Crippen LogP contribution < -0.4 is 5.73 Å². The van der Waals surface area contributed by atoms with Crippen LogP contribution in [-0.4, -0.2) is 35.5 Å². The molecule has 2 N–H and O–H groups in total. The summed E-state index contributed by atoms with van der Waals surface area (Å²) in [6, 6.07) is 9.45. The van der Waals surface area contributed by atoms with Crippen LogP contribution in [-0.2, 0) is 13.0 Å². The minimum atomic E-state index is 0.591. The van der Waals surface area contributed by atoms with Gasteiger partial charge in [0.05, 0.1) is 0 Å². The lowest BCUT2D eigenvalue weighted by Gasteiger charge is -2.38. The highest BCUT2D eigenvalue weighted by Crippen LogP contribution is 2.30. The van der Waals surface area contributed by atoms with E-state index < -0.39 is 0 Å². The largest absolute Gasteiger partial charge is 0.329 e. The van der Waals surface area contributed by atoms with Crippen molar-refractivity contribution in [2.24, 2.45) is 11.7 Å². The topological polar surface area (TPSA) is 29.3 Å². The summed E-state index contributed by atoms with van der Waals surface area (Å²) >= 11 is 2.09. The first-order valence-corrected chi connectivity index (χ1v) is 8.12. The molecule has 3 heteroatoms. The molecule has 0 bridgehead atoms. The van der Waals surface area contributed by atoms with Crippen LogP contribution in [0.3, 0.4) is 0 Å². The molecule has 0 amide bonds. The Kier molecular flexibility index (Phi) is 3.92. The highest BCUT2D eigenvalue weighted by molar-refractivity contribution is 7.99. The number of nitrogens with zero attached hydrogens (tertiary/aromatic N) is 1. The van der Waals surface area contributed by atoms with Crippen molar-refractivity contribution in [2.45, 2.75) is 25.4 Å². The predicted molar refractivity (Wildman–Crippen MR) is 78.8 cm³/mol. The molecule has 98 valence electrons. The van der Waals surface area contributed by atoms with E-state index in [-0.39, 0.29) is 0 Å². The zero-order chi connectivity index (χ0) is 12.4. The van der Waals surface area contributed by atoms with E-state index in [1.54, 1.807) is 0 Å². The van der Waals surface area contributed by atoms with Crippen molar-refractivity contribution < 1.29 is 0 Å². The molecule has 2 aliphatic heterocycles. The molecular formula is C15H22N2S. The summed E-state index contributed by atoms with van der Waals surface area (Å²) in [6.07, 6.45) is 2.54. The van der Waals surface area contributed by atoms with Crippen LogP contribution in [0, 0.1) is 5.92 Å². The number of rotatable bonds is 3. The maximum atomic E-state index is 6.05. The Morgan fingerprint density at radius 2 is 2.17 bits per heavy atom. The Bertz CT molecular complexity index is 401. The number of benzene rings is 1. The summed E-state index contributed by atoms with van der Waals surface area (Å²) in [5.74, 6) is 3.44. The fourth-order valence-electron chi connectivity index (χ4n) is 3.30. The molecule has 2 heterocycles. The van der Waals surface area contributed by atoms with E-state index in [0.717, 1.165) is 19.0 Å². The normalized spacial score (nSPS) is 25.9. The number of nitrogens with two attached hydrogens (primary N) is 1. The first-order chi connectivity index (χ1) is 8.88. The second-order valence-electron chi connectivity index (χ2n) is 5.42. The first kappa shape index (κ1) is 12.5. The van der Waals surface area contributed by atoms with Gasteiger partial charge < -0.3 is 5.73 Å². The SMILES string of the molecule is NCC(C1CCSC1)N1CCc2ccccc2C1. The number of hydrogen-bond donors (Lipinski definition) is 1. The van der Waals surface area contributed by atoms with Crippen LogP contribution >= 0.6 is 11.8 Å². The van der Waals surface area contributed by atoms with Crippen LogP contribution in [0.15, 0.2) is 24.3 Å². The van der Waals surface area contributed by atoms with E-state index in [1.165, 1.54) is 42.0 Å². The fraction of sp³-hybridized carbons (Fsp3) is 0.600. The summed E-state index contributed by atoms with van der Waals surface area (Å²) in [5.41, 5.74) is 9.09. The van der Waals surface area contributed by atoms with Crippen molar-refractivity contribution >= 4 is 11.8 Å². The molecule has 0 spiro atoms. The van der Waals surface area contributed by atoms with E-state index in [9.17, 15) is 0 Å². The molecular weight excluding hydrogens is 240 g/mol. The number of fused-ring (bicyclic) bond motifs is 1. The van der Waals surface area contributed by atoms with Gasteiger partial charge in [-0.25, -0.2) is 0 Å². The zero-order valence-electron chi connectivity index (χ0n) is 10.8. The Morgan fingerprint density at radius 3 is 2.89 bits per heavy atom. The van der Waals surface area contributed by atoms with Crippen LogP contribution in [0.1, 0.15) is 17.5 Å². The van der Waals surface area contributed by atoms with Gasteiger partial charge in [0.15, 0.2) is 0 Å². The van der Waals surface area contributed by atoms with Gasteiger partial charge in [-0.3, -0.25) is 4.90 Å². The van der Waals surface area contributed by atoms with Crippen LogP contribution in [0.25, 0.3) is 0 Å². The number of hydrogen-bond acceptors (Lipinski definition) is 3. The van der Waals surface area contributed by atoms with E-state index in [0.29, 0.717) is 6.04 Å². The molecule has 2 atom stereocenters. The van der Waals surface area contributed by atoms with Crippen molar-refractivity contribution in [3.05, 3.63) is 35.4 Å². The van der Waals surface area contributed by atoms with Crippen molar-refractivity contribution in [2.75, 3.05) is 24.6 Å². The van der Waals surface area contributed by atoms with Crippen LogP contribution in [0.5, 0.6) is 0 Å². The summed E-state index contributed by atoms with van der Waals surface area (Å²) in [7, 11) is 0. The maximum absolute atomic E-state index is 6.05. The molecule has 3 rings (SSSR count). The second kappa shape index (κ2) is 5.64. The van der Waals surface area contributed by atoms with Gasteiger partial charge in [0.25, 0.3) is 0 Å². The summed E-state index contributed by atoms with van der Waals surface area (Å²) in [4.78, 5) is 2.62. The second-order valence-corrected chi connectivity index (χ2v) is 6.57. The standard InChI is InChI=1S/C15H22N2S/c16-9-15(14-6-8-18-11-14)17-7-5-12-3-1-2-4-13(12)10-17/h1-4,14-15H,5-11,16H2. The minimum Gasteiger partial charge on any atom is -0.329 e. The first-order valence-electron chi connectivity index (χ1n) is 6.97. The molecule has 0 aromatic heterocycles. The lowest BCUT2D eigenvalue weighted by Crippen LogP contribution is -2.47. The highest BCUT2D eigenvalue weighted by atomic mass is 32.2. The van der Waals surface area contributed by atoms with Crippen LogP contribution in [0.2, 0.25) is 0 Å². The van der Waals surface area contributed by atoms with Gasteiger partial charge in [0.1, 0.15) is 0 Å². The van der Waals surface area contributed by atoms with Crippen molar-refractivity contribution in [1.82, 2.24) is 4.90 Å². The molecule has 2 nitrogen and oxygen atoms in total. The molecule has 0 saturated carbocycles. The van der Waals surface area contributed by atoms with Crippen molar-refractivity contribution in [3.8, 4) is 0 Å². The van der Waals surface area contributed by atoms with Crippen LogP contribution in [0.4, 0.5) is 0 Å². The maximum Gasteiger partial charge on any atom is 0.0258 e. The Morgan fingerprint density at radius 1 is 1.33 bits per heavy atom. The fourth-order valence-corrected chi connectivity index (χ4v) is 4.62.